The first-order valence-electron chi connectivity index (χ1n) is 6.55. The lowest BCUT2D eigenvalue weighted by molar-refractivity contribution is 0.389. The van der Waals surface area contributed by atoms with E-state index in [0.29, 0.717) is 9.32 Å². The number of benzene rings is 1. The van der Waals surface area contributed by atoms with Gasteiger partial charge in [-0.25, -0.2) is 9.18 Å². The molecule has 118 valence electrons. The smallest absolute Gasteiger partial charge is 0.333 e. The summed E-state index contributed by atoms with van der Waals surface area (Å²) >= 11 is 1.85. The molecule has 0 aliphatic rings. The van der Waals surface area contributed by atoms with Crippen molar-refractivity contribution in [2.75, 3.05) is 7.11 Å². The van der Waals surface area contributed by atoms with Gasteiger partial charge in [-0.05, 0) is 34.1 Å². The average Bonchev–Trinajstić information content (AvgIpc) is 2.41. The van der Waals surface area contributed by atoms with Crippen molar-refractivity contribution in [1.82, 2.24) is 9.55 Å². The molecule has 1 N–H and O–H groups in total. The Morgan fingerprint density at radius 1 is 1.32 bits per heavy atom. The number of halogens is 2. The lowest BCUT2D eigenvalue weighted by Crippen LogP contribution is -2.28. The summed E-state index contributed by atoms with van der Waals surface area (Å²) in [6.45, 7) is 5.91. The molecule has 0 saturated carbocycles. The summed E-state index contributed by atoms with van der Waals surface area (Å²) in [6.07, 6.45) is 1.26. The second-order valence-corrected chi connectivity index (χ2v) is 6.91. The van der Waals surface area contributed by atoms with Crippen molar-refractivity contribution in [3.63, 3.8) is 0 Å². The van der Waals surface area contributed by atoms with E-state index in [2.05, 4.69) is 4.98 Å². The molecule has 0 aliphatic heterocycles. The number of nitrogens with zero attached hydrogens (tertiary/aromatic N) is 1. The minimum Gasteiger partial charge on any atom is -0.495 e. The van der Waals surface area contributed by atoms with Crippen LogP contribution in [-0.4, -0.2) is 16.7 Å². The quantitative estimate of drug-likeness (QED) is 0.763. The maximum atomic E-state index is 14.6. The highest BCUT2D eigenvalue weighted by atomic mass is 127. The fourth-order valence-electron chi connectivity index (χ4n) is 2.13. The zero-order valence-electron chi connectivity index (χ0n) is 12.7. The topological polar surface area (TPSA) is 64.1 Å². The Hall–Kier alpha value is -1.64. The van der Waals surface area contributed by atoms with Gasteiger partial charge in [-0.3, -0.25) is 14.3 Å². The zero-order valence-corrected chi connectivity index (χ0v) is 14.8. The first kappa shape index (κ1) is 16.7. The first-order valence-corrected chi connectivity index (χ1v) is 7.63. The summed E-state index contributed by atoms with van der Waals surface area (Å²) in [4.78, 5) is 25.2. The Bertz CT molecular complexity index is 834. The van der Waals surface area contributed by atoms with Gasteiger partial charge in [-0.1, -0.05) is 20.8 Å². The molecule has 0 fully saturated rings. The molecule has 2 rings (SSSR count). The summed E-state index contributed by atoms with van der Waals surface area (Å²) in [5.41, 5.74) is -0.669. The van der Waals surface area contributed by atoms with Gasteiger partial charge in [-0.15, -0.1) is 0 Å². The number of methoxy groups -OCH3 is 1. The summed E-state index contributed by atoms with van der Waals surface area (Å²) in [5, 5.41) is 0. The normalized spacial score (nSPS) is 11.5. The molecule has 0 unspecified atom stereocenters. The number of ether oxygens (including phenoxy) is 1. The van der Waals surface area contributed by atoms with Crippen molar-refractivity contribution >= 4 is 22.6 Å². The van der Waals surface area contributed by atoms with Gasteiger partial charge in [0, 0.05) is 17.8 Å². The molecule has 22 heavy (non-hydrogen) atoms. The van der Waals surface area contributed by atoms with E-state index in [0.717, 1.165) is 10.1 Å². The third-order valence-corrected chi connectivity index (χ3v) is 4.20. The van der Waals surface area contributed by atoms with Gasteiger partial charge in [0.25, 0.3) is 5.56 Å². The van der Waals surface area contributed by atoms with Crippen LogP contribution in [0.2, 0.25) is 0 Å². The number of aromatic nitrogens is 2. The molecule has 0 atom stereocenters. The van der Waals surface area contributed by atoms with Crippen LogP contribution in [0.4, 0.5) is 4.39 Å². The molecule has 1 aromatic carbocycles. The fraction of sp³-hybridized carbons (Fsp3) is 0.333. The highest BCUT2D eigenvalue weighted by molar-refractivity contribution is 14.1. The molecule has 0 spiro atoms. The van der Waals surface area contributed by atoms with E-state index in [9.17, 15) is 14.0 Å². The van der Waals surface area contributed by atoms with E-state index in [1.54, 1.807) is 6.07 Å². The van der Waals surface area contributed by atoms with Crippen molar-refractivity contribution in [3.05, 3.63) is 54.1 Å². The predicted octanol–water partition coefficient (Wildman–Crippen LogP) is 2.58. The van der Waals surface area contributed by atoms with Gasteiger partial charge in [0.2, 0.25) is 0 Å². The summed E-state index contributed by atoms with van der Waals surface area (Å²) in [7, 11) is 1.48. The van der Waals surface area contributed by atoms with Crippen molar-refractivity contribution in [2.45, 2.75) is 26.2 Å². The van der Waals surface area contributed by atoms with E-state index in [1.807, 2.05) is 43.4 Å². The van der Waals surface area contributed by atoms with Gasteiger partial charge in [0.15, 0.2) is 5.82 Å². The van der Waals surface area contributed by atoms with Gasteiger partial charge >= 0.3 is 5.69 Å². The number of H-pyrrole nitrogens is 1. The van der Waals surface area contributed by atoms with Crippen LogP contribution in [0, 0.1) is 9.39 Å². The Morgan fingerprint density at radius 3 is 2.45 bits per heavy atom. The molecule has 0 aliphatic carbocycles. The van der Waals surface area contributed by atoms with E-state index < -0.39 is 17.1 Å². The standard InChI is InChI=1S/C15H16FIN2O3/c1-15(2,3)8-7-9(11(16)12(17)13(8)22-4)19-6-5-10(20)18-14(19)21/h5-7H,1-4H3,(H,18,20,21). The number of hydrogen-bond donors (Lipinski definition) is 1. The largest absolute Gasteiger partial charge is 0.495 e. The number of rotatable bonds is 2. The zero-order chi connectivity index (χ0) is 16.7. The fourth-order valence-corrected chi connectivity index (χ4v) is 2.92. The molecule has 1 aromatic heterocycles. The van der Waals surface area contributed by atoms with E-state index >= 15 is 0 Å². The second kappa shape index (κ2) is 5.86. The lowest BCUT2D eigenvalue weighted by atomic mass is 9.86. The monoisotopic (exact) mass is 418 g/mol. The van der Waals surface area contributed by atoms with Crippen LogP contribution >= 0.6 is 22.6 Å². The third kappa shape index (κ3) is 2.94. The minimum absolute atomic E-state index is 0.0800. The van der Waals surface area contributed by atoms with Crippen LogP contribution in [0.5, 0.6) is 5.75 Å². The van der Waals surface area contributed by atoms with Crippen molar-refractivity contribution in [3.8, 4) is 11.4 Å². The number of aromatic amines is 1. The van der Waals surface area contributed by atoms with Crippen LogP contribution < -0.4 is 16.0 Å². The molecule has 5 nitrogen and oxygen atoms in total. The first-order chi connectivity index (χ1) is 10.2. The molecular formula is C15H16FIN2O3. The third-order valence-electron chi connectivity index (χ3n) is 3.24. The molecule has 0 radical (unpaired) electrons. The van der Waals surface area contributed by atoms with Gasteiger partial charge in [0.05, 0.1) is 16.4 Å². The summed E-state index contributed by atoms with van der Waals surface area (Å²) in [5.74, 6) is -0.119. The van der Waals surface area contributed by atoms with Crippen molar-refractivity contribution < 1.29 is 9.13 Å². The van der Waals surface area contributed by atoms with Crippen LogP contribution in [0.15, 0.2) is 27.9 Å². The van der Waals surface area contributed by atoms with Crippen LogP contribution in [0.3, 0.4) is 0 Å². The van der Waals surface area contributed by atoms with E-state index in [4.69, 9.17) is 4.74 Å². The number of hydrogen-bond acceptors (Lipinski definition) is 3. The highest BCUT2D eigenvalue weighted by Crippen LogP contribution is 2.38. The second-order valence-electron chi connectivity index (χ2n) is 5.83. The summed E-state index contributed by atoms with van der Waals surface area (Å²) in [6, 6.07) is 2.75. The molecule has 7 heteroatoms. The van der Waals surface area contributed by atoms with Crippen molar-refractivity contribution in [2.24, 2.45) is 0 Å². The Kier molecular flexibility index (Phi) is 4.46. The SMILES string of the molecule is COc1c(C(C)(C)C)cc(-n2ccc(=O)[nH]c2=O)c(F)c1I. The molecule has 0 saturated heterocycles. The molecule has 1 heterocycles. The highest BCUT2D eigenvalue weighted by Gasteiger charge is 2.26. The molecular weight excluding hydrogens is 402 g/mol. The predicted molar refractivity (Wildman–Crippen MR) is 90.6 cm³/mol. The molecule has 2 aromatic rings. The summed E-state index contributed by atoms with van der Waals surface area (Å²) < 4.78 is 21.3. The van der Waals surface area contributed by atoms with Crippen LogP contribution in [0.1, 0.15) is 26.3 Å². The number of nitrogens with one attached hydrogen (secondary N) is 1. The Morgan fingerprint density at radius 2 is 1.95 bits per heavy atom. The van der Waals surface area contributed by atoms with Crippen molar-refractivity contribution in [1.29, 1.82) is 0 Å². The van der Waals surface area contributed by atoms with E-state index in [1.165, 1.54) is 19.4 Å². The minimum atomic E-state index is -0.688. The maximum absolute atomic E-state index is 14.6. The molecule has 0 bridgehead atoms. The van der Waals surface area contributed by atoms with Gasteiger partial charge in [0.1, 0.15) is 5.75 Å². The average molecular weight is 418 g/mol. The lowest BCUT2D eigenvalue weighted by Gasteiger charge is -2.24. The maximum Gasteiger partial charge on any atom is 0.333 e. The molecule has 0 amide bonds. The van der Waals surface area contributed by atoms with Gasteiger partial charge in [-0.2, -0.15) is 0 Å². The van der Waals surface area contributed by atoms with E-state index in [-0.39, 0.29) is 11.1 Å². The van der Waals surface area contributed by atoms with Gasteiger partial charge < -0.3 is 4.74 Å². The van der Waals surface area contributed by atoms with Crippen LogP contribution in [0.25, 0.3) is 5.69 Å². The Labute approximate surface area is 140 Å². The Balaban J connectivity index is 2.86. The van der Waals surface area contributed by atoms with Crippen LogP contribution in [-0.2, 0) is 5.41 Å².